The minimum atomic E-state index is 0.920. The van der Waals surface area contributed by atoms with E-state index in [9.17, 15) is 0 Å². The lowest BCUT2D eigenvalue weighted by Gasteiger charge is -2.22. The van der Waals surface area contributed by atoms with E-state index >= 15 is 0 Å². The molecule has 0 fully saturated rings. The van der Waals surface area contributed by atoms with Gasteiger partial charge in [0.2, 0.25) is 0 Å². The quantitative estimate of drug-likeness (QED) is 0.674. The molecule has 0 atom stereocenters. The lowest BCUT2D eigenvalue weighted by atomic mass is 10.1. The molecule has 80 valence electrons. The first-order valence-corrected chi connectivity index (χ1v) is 5.12. The summed E-state index contributed by atoms with van der Waals surface area (Å²) in [6, 6.07) is 0. The third-order valence-corrected chi connectivity index (χ3v) is 2.24. The van der Waals surface area contributed by atoms with Crippen LogP contribution in [0.2, 0.25) is 0 Å². The zero-order valence-corrected chi connectivity index (χ0v) is 9.75. The molecule has 14 heavy (non-hydrogen) atoms. The van der Waals surface area contributed by atoms with Crippen LogP contribution in [-0.2, 0) is 0 Å². The lowest BCUT2D eigenvalue weighted by molar-refractivity contribution is 0.419. The molecular weight excluding hydrogens is 174 g/mol. The summed E-state index contributed by atoms with van der Waals surface area (Å²) in [5.41, 5.74) is 2.72. The van der Waals surface area contributed by atoms with E-state index in [-0.39, 0.29) is 0 Å². The molecule has 0 aliphatic carbocycles. The highest BCUT2D eigenvalue weighted by Gasteiger charge is 2.09. The maximum atomic E-state index is 4.62. The van der Waals surface area contributed by atoms with E-state index in [2.05, 4.69) is 49.1 Å². The number of allylic oxidation sites excluding steroid dienone is 1. The number of likely N-dealkylation sites (N-methyl/N-ethyl adjacent to an activating group) is 1. The first-order chi connectivity index (χ1) is 6.58. The van der Waals surface area contributed by atoms with Crippen LogP contribution >= 0.6 is 0 Å². The smallest absolute Gasteiger partial charge is 0.0552 e. The minimum Gasteiger partial charge on any atom is -0.375 e. The maximum Gasteiger partial charge on any atom is 0.0552 e. The zero-order valence-electron chi connectivity index (χ0n) is 9.75. The first kappa shape index (κ1) is 11.2. The van der Waals surface area contributed by atoms with E-state index in [1.165, 1.54) is 11.3 Å². The Morgan fingerprint density at radius 3 is 2.79 bits per heavy atom. The molecule has 0 spiro atoms. The molecule has 0 aromatic rings. The lowest BCUT2D eigenvalue weighted by Crippen LogP contribution is -2.27. The van der Waals surface area contributed by atoms with Gasteiger partial charge in [-0.1, -0.05) is 5.57 Å². The summed E-state index contributed by atoms with van der Waals surface area (Å²) in [5, 5.41) is 0. The molecule has 1 aliphatic heterocycles. The van der Waals surface area contributed by atoms with Crippen LogP contribution in [0.5, 0.6) is 0 Å². The van der Waals surface area contributed by atoms with E-state index in [0.29, 0.717) is 0 Å². The second kappa shape index (κ2) is 5.15. The van der Waals surface area contributed by atoms with Crippen molar-refractivity contribution in [1.29, 1.82) is 0 Å². The van der Waals surface area contributed by atoms with Crippen molar-refractivity contribution in [3.63, 3.8) is 0 Å². The number of nitrogens with zero attached hydrogens (tertiary/aromatic N) is 3. The molecule has 0 aromatic carbocycles. The van der Waals surface area contributed by atoms with Crippen LogP contribution in [0.25, 0.3) is 0 Å². The Balaban J connectivity index is 2.42. The molecular formula is C11H21N3. The van der Waals surface area contributed by atoms with Gasteiger partial charge in [0.15, 0.2) is 0 Å². The minimum absolute atomic E-state index is 0.920. The third-order valence-electron chi connectivity index (χ3n) is 2.24. The van der Waals surface area contributed by atoms with Gasteiger partial charge in [-0.25, -0.2) is 0 Å². The fraction of sp³-hybridized carbons (Fsp3) is 0.727. The summed E-state index contributed by atoms with van der Waals surface area (Å²) in [5.74, 6) is 0. The Kier molecular flexibility index (Phi) is 4.14. The van der Waals surface area contributed by atoms with Crippen molar-refractivity contribution in [2.45, 2.75) is 13.3 Å². The van der Waals surface area contributed by atoms with Gasteiger partial charge < -0.3 is 9.80 Å². The third kappa shape index (κ3) is 3.92. The highest BCUT2D eigenvalue weighted by atomic mass is 15.1. The number of hydrogen-bond acceptors (Lipinski definition) is 3. The average Bonchev–Trinajstić information content (AvgIpc) is 2.01. The van der Waals surface area contributed by atoms with Gasteiger partial charge in [-0.2, -0.15) is 0 Å². The van der Waals surface area contributed by atoms with Gasteiger partial charge in [0.1, 0.15) is 0 Å². The summed E-state index contributed by atoms with van der Waals surface area (Å²) >= 11 is 0. The second-order valence-corrected chi connectivity index (χ2v) is 4.32. The van der Waals surface area contributed by atoms with Crippen LogP contribution in [0.3, 0.4) is 0 Å². The van der Waals surface area contributed by atoms with Crippen LogP contribution in [-0.4, -0.2) is 56.3 Å². The molecule has 0 saturated heterocycles. The fourth-order valence-electron chi connectivity index (χ4n) is 1.65. The van der Waals surface area contributed by atoms with Crippen molar-refractivity contribution in [3.8, 4) is 0 Å². The molecule has 0 bridgehead atoms. The maximum absolute atomic E-state index is 4.62. The van der Waals surface area contributed by atoms with E-state index in [4.69, 9.17) is 0 Å². The van der Waals surface area contributed by atoms with Crippen molar-refractivity contribution >= 4 is 5.71 Å². The summed E-state index contributed by atoms with van der Waals surface area (Å²) < 4.78 is 0. The van der Waals surface area contributed by atoms with Gasteiger partial charge in [-0.3, -0.25) is 4.99 Å². The molecule has 0 unspecified atom stereocenters. The monoisotopic (exact) mass is 195 g/mol. The molecule has 0 amide bonds. The number of aliphatic imine (C=N–C) groups is 1. The Morgan fingerprint density at radius 1 is 1.50 bits per heavy atom. The molecule has 1 heterocycles. The number of rotatable bonds is 3. The van der Waals surface area contributed by atoms with E-state index < -0.39 is 0 Å². The van der Waals surface area contributed by atoms with Gasteiger partial charge in [-0.15, -0.1) is 0 Å². The topological polar surface area (TPSA) is 18.8 Å². The first-order valence-electron chi connectivity index (χ1n) is 5.12. The van der Waals surface area contributed by atoms with Gasteiger partial charge in [-0.05, 0) is 27.2 Å². The predicted octanol–water partition coefficient (Wildman–Crippen LogP) is 1.23. The Hall–Kier alpha value is -0.830. The normalized spacial score (nSPS) is 20.5. The van der Waals surface area contributed by atoms with Gasteiger partial charge in [0.25, 0.3) is 0 Å². The van der Waals surface area contributed by atoms with Crippen molar-refractivity contribution in [2.24, 2.45) is 4.99 Å². The van der Waals surface area contributed by atoms with Gasteiger partial charge >= 0.3 is 0 Å². The standard InChI is InChI=1S/C11H21N3/c1-10-7-11(9-14(4)8-10)12-5-6-13(2)3/h8H,5-7,9H2,1-4H3. The van der Waals surface area contributed by atoms with E-state index in [1.54, 1.807) is 0 Å². The fourth-order valence-corrected chi connectivity index (χ4v) is 1.65. The second-order valence-electron chi connectivity index (χ2n) is 4.32. The largest absolute Gasteiger partial charge is 0.375 e. The van der Waals surface area contributed by atoms with Crippen LogP contribution in [0.1, 0.15) is 13.3 Å². The van der Waals surface area contributed by atoms with Crippen molar-refractivity contribution < 1.29 is 0 Å². The molecule has 0 N–H and O–H groups in total. The summed E-state index contributed by atoms with van der Waals surface area (Å²) in [6.45, 7) is 5.11. The highest BCUT2D eigenvalue weighted by molar-refractivity contribution is 5.89. The van der Waals surface area contributed by atoms with Crippen LogP contribution in [0, 0.1) is 0 Å². The Labute approximate surface area is 87.1 Å². The van der Waals surface area contributed by atoms with Gasteiger partial charge in [0, 0.05) is 25.7 Å². The van der Waals surface area contributed by atoms with E-state index in [0.717, 1.165) is 26.1 Å². The average molecular weight is 195 g/mol. The van der Waals surface area contributed by atoms with Gasteiger partial charge in [0.05, 0.1) is 13.1 Å². The molecule has 1 aliphatic rings. The van der Waals surface area contributed by atoms with Crippen molar-refractivity contribution in [2.75, 3.05) is 40.8 Å². The zero-order chi connectivity index (χ0) is 10.6. The molecule has 1 rings (SSSR count). The SMILES string of the molecule is CC1=CN(C)CC(=NCCN(C)C)C1. The van der Waals surface area contributed by atoms with Crippen molar-refractivity contribution in [3.05, 3.63) is 11.8 Å². The van der Waals surface area contributed by atoms with Crippen LogP contribution in [0.4, 0.5) is 0 Å². The predicted molar refractivity (Wildman–Crippen MR) is 61.9 cm³/mol. The van der Waals surface area contributed by atoms with Crippen molar-refractivity contribution in [1.82, 2.24) is 9.80 Å². The van der Waals surface area contributed by atoms with E-state index in [1.807, 2.05) is 0 Å². The number of hydrogen-bond donors (Lipinski definition) is 0. The molecule has 0 saturated carbocycles. The van der Waals surface area contributed by atoms with Crippen LogP contribution < -0.4 is 0 Å². The molecule has 0 aromatic heterocycles. The molecule has 3 heteroatoms. The molecule has 0 radical (unpaired) electrons. The summed E-state index contributed by atoms with van der Waals surface area (Å²) in [6.07, 6.45) is 3.25. The summed E-state index contributed by atoms with van der Waals surface area (Å²) in [7, 11) is 6.26. The molecule has 3 nitrogen and oxygen atoms in total. The Bertz CT molecular complexity index is 241. The Morgan fingerprint density at radius 2 is 2.21 bits per heavy atom. The highest BCUT2D eigenvalue weighted by Crippen LogP contribution is 2.10. The van der Waals surface area contributed by atoms with Crippen LogP contribution in [0.15, 0.2) is 16.8 Å². The summed E-state index contributed by atoms with van der Waals surface area (Å²) in [4.78, 5) is 8.98.